The van der Waals surface area contributed by atoms with E-state index in [-0.39, 0.29) is 24.0 Å². The molecule has 4 atom stereocenters. The van der Waals surface area contributed by atoms with E-state index in [2.05, 4.69) is 5.32 Å². The maximum absolute atomic E-state index is 12.4. The fourth-order valence-corrected chi connectivity index (χ4v) is 3.42. The van der Waals surface area contributed by atoms with Crippen molar-refractivity contribution in [3.05, 3.63) is 0 Å². The van der Waals surface area contributed by atoms with Crippen LogP contribution in [-0.2, 0) is 14.3 Å². The van der Waals surface area contributed by atoms with E-state index in [1.165, 1.54) is 0 Å². The highest BCUT2D eigenvalue weighted by atomic mass is 16.5. The number of rotatable bonds is 4. The van der Waals surface area contributed by atoms with Crippen molar-refractivity contribution in [3.8, 4) is 0 Å². The van der Waals surface area contributed by atoms with Gasteiger partial charge in [0.1, 0.15) is 0 Å². The maximum Gasteiger partial charge on any atom is 0.308 e. The number of hydrogen-bond donors (Lipinski definition) is 2. The Morgan fingerprint density at radius 1 is 1.15 bits per heavy atom. The fourth-order valence-electron chi connectivity index (χ4n) is 3.42. The van der Waals surface area contributed by atoms with Crippen LogP contribution in [0.25, 0.3) is 0 Å². The topological polar surface area (TPSA) is 75.6 Å². The van der Waals surface area contributed by atoms with Crippen molar-refractivity contribution in [2.45, 2.75) is 64.0 Å². The van der Waals surface area contributed by atoms with Gasteiger partial charge in [0.05, 0.1) is 17.9 Å². The highest BCUT2D eigenvalue weighted by Crippen LogP contribution is 2.27. The van der Waals surface area contributed by atoms with Crippen molar-refractivity contribution in [1.29, 1.82) is 0 Å². The van der Waals surface area contributed by atoms with E-state index < -0.39 is 11.9 Å². The minimum atomic E-state index is -0.785. The van der Waals surface area contributed by atoms with Crippen molar-refractivity contribution in [3.63, 3.8) is 0 Å². The second kappa shape index (κ2) is 7.07. The molecule has 114 valence electrons. The molecule has 0 aromatic carbocycles. The van der Waals surface area contributed by atoms with Crippen LogP contribution in [0, 0.1) is 11.8 Å². The molecule has 0 radical (unpaired) electrons. The monoisotopic (exact) mass is 283 g/mol. The molecule has 2 aliphatic rings. The Morgan fingerprint density at radius 2 is 1.90 bits per heavy atom. The molecule has 1 aliphatic carbocycles. The first-order valence-corrected chi connectivity index (χ1v) is 7.78. The first-order valence-electron chi connectivity index (χ1n) is 7.78. The van der Waals surface area contributed by atoms with E-state index in [1.54, 1.807) is 0 Å². The number of hydrogen-bond acceptors (Lipinski definition) is 3. The maximum atomic E-state index is 12.4. The average molecular weight is 283 g/mol. The van der Waals surface area contributed by atoms with E-state index in [0.29, 0.717) is 13.0 Å². The van der Waals surface area contributed by atoms with Gasteiger partial charge in [-0.25, -0.2) is 0 Å². The summed E-state index contributed by atoms with van der Waals surface area (Å²) in [6.45, 7) is 2.64. The van der Waals surface area contributed by atoms with Crippen LogP contribution in [0.5, 0.6) is 0 Å². The summed E-state index contributed by atoms with van der Waals surface area (Å²) in [6.07, 6.45) is 5.98. The quantitative estimate of drug-likeness (QED) is 0.773. The third-order valence-corrected chi connectivity index (χ3v) is 4.61. The Hall–Kier alpha value is -1.10. The lowest BCUT2D eigenvalue weighted by molar-refractivity contribution is -0.143. The normalized spacial score (nSPS) is 34.5. The van der Waals surface area contributed by atoms with Gasteiger partial charge in [-0.3, -0.25) is 9.59 Å². The molecule has 0 spiro atoms. The van der Waals surface area contributed by atoms with Crippen molar-refractivity contribution in [2.24, 2.45) is 11.8 Å². The van der Waals surface area contributed by atoms with Gasteiger partial charge >= 0.3 is 5.97 Å². The van der Waals surface area contributed by atoms with E-state index >= 15 is 0 Å². The van der Waals surface area contributed by atoms with Crippen LogP contribution >= 0.6 is 0 Å². The van der Waals surface area contributed by atoms with Crippen LogP contribution in [0.4, 0.5) is 0 Å². The third kappa shape index (κ3) is 3.51. The lowest BCUT2D eigenvalue weighted by atomic mass is 9.92. The molecule has 1 aliphatic heterocycles. The predicted molar refractivity (Wildman–Crippen MR) is 74.3 cm³/mol. The Kier molecular flexibility index (Phi) is 5.40. The molecule has 1 saturated heterocycles. The Morgan fingerprint density at radius 3 is 2.60 bits per heavy atom. The predicted octanol–water partition coefficient (Wildman–Crippen LogP) is 1.95. The van der Waals surface area contributed by atoms with E-state index in [4.69, 9.17) is 4.74 Å². The molecule has 2 rings (SSSR count). The minimum absolute atomic E-state index is 0.0101. The zero-order valence-corrected chi connectivity index (χ0v) is 12.1. The lowest BCUT2D eigenvalue weighted by Crippen LogP contribution is -2.46. The number of amides is 1. The van der Waals surface area contributed by atoms with Gasteiger partial charge in [-0.2, -0.15) is 0 Å². The summed E-state index contributed by atoms with van der Waals surface area (Å²) in [4.78, 5) is 23.7. The minimum Gasteiger partial charge on any atom is -0.481 e. The zero-order chi connectivity index (χ0) is 14.5. The largest absolute Gasteiger partial charge is 0.481 e. The smallest absolute Gasteiger partial charge is 0.308 e. The Bertz CT molecular complexity index is 358. The number of carboxylic acid groups (broad SMARTS) is 1. The third-order valence-electron chi connectivity index (χ3n) is 4.61. The van der Waals surface area contributed by atoms with Gasteiger partial charge < -0.3 is 15.2 Å². The van der Waals surface area contributed by atoms with Crippen LogP contribution in [0.3, 0.4) is 0 Å². The van der Waals surface area contributed by atoms with Gasteiger partial charge in [-0.15, -0.1) is 0 Å². The molecule has 0 aromatic rings. The summed E-state index contributed by atoms with van der Waals surface area (Å²) in [6, 6.07) is -0.222. The first kappa shape index (κ1) is 15.3. The number of aliphatic carboxylic acids is 1. The molecular weight excluding hydrogens is 258 g/mol. The Balaban J connectivity index is 1.98. The zero-order valence-electron chi connectivity index (χ0n) is 12.1. The number of carbonyl (C=O) groups excluding carboxylic acids is 1. The number of carboxylic acids is 1. The van der Waals surface area contributed by atoms with Gasteiger partial charge in [0, 0.05) is 12.6 Å². The fraction of sp³-hybridized carbons (Fsp3) is 0.867. The van der Waals surface area contributed by atoms with Gasteiger partial charge in [0.15, 0.2) is 0 Å². The molecular formula is C15H25NO4. The molecule has 2 N–H and O–H groups in total. The summed E-state index contributed by atoms with van der Waals surface area (Å²) < 4.78 is 5.55. The molecule has 5 nitrogen and oxygen atoms in total. The second-order valence-electron chi connectivity index (χ2n) is 5.91. The summed E-state index contributed by atoms with van der Waals surface area (Å²) in [5.41, 5.74) is 0. The Labute approximate surface area is 120 Å². The van der Waals surface area contributed by atoms with Crippen molar-refractivity contribution < 1.29 is 19.4 Å². The molecule has 1 saturated carbocycles. The molecule has 0 bridgehead atoms. The van der Waals surface area contributed by atoms with E-state index in [0.717, 1.165) is 38.5 Å². The average Bonchev–Trinajstić information content (AvgIpc) is 2.78. The van der Waals surface area contributed by atoms with Crippen molar-refractivity contribution in [2.75, 3.05) is 6.61 Å². The molecule has 20 heavy (non-hydrogen) atoms. The van der Waals surface area contributed by atoms with Gasteiger partial charge in [0.25, 0.3) is 0 Å². The van der Waals surface area contributed by atoms with E-state index in [1.807, 2.05) is 6.92 Å². The van der Waals surface area contributed by atoms with Crippen molar-refractivity contribution in [1.82, 2.24) is 5.32 Å². The molecule has 5 heteroatoms. The number of ether oxygens (including phenoxy) is 1. The van der Waals surface area contributed by atoms with Crippen LogP contribution in [-0.4, -0.2) is 35.7 Å². The molecule has 1 amide bonds. The molecule has 4 unspecified atom stereocenters. The van der Waals surface area contributed by atoms with Crippen molar-refractivity contribution >= 4 is 11.9 Å². The first-order chi connectivity index (χ1) is 9.63. The SMILES string of the molecule is CCC1OCCC1C(=O)NC1CCCCCC1C(=O)O. The van der Waals surface area contributed by atoms with Crippen LogP contribution in [0.2, 0.25) is 0 Å². The summed E-state index contributed by atoms with van der Waals surface area (Å²) in [5.74, 6) is -1.36. The number of nitrogens with one attached hydrogen (secondary N) is 1. The van der Waals surface area contributed by atoms with Gasteiger partial charge in [-0.1, -0.05) is 26.2 Å². The molecule has 2 fully saturated rings. The van der Waals surface area contributed by atoms with Crippen LogP contribution in [0.1, 0.15) is 51.9 Å². The lowest BCUT2D eigenvalue weighted by Gasteiger charge is -2.25. The summed E-state index contributed by atoms with van der Waals surface area (Å²) in [7, 11) is 0. The number of carbonyl (C=O) groups is 2. The second-order valence-corrected chi connectivity index (χ2v) is 5.91. The molecule has 1 heterocycles. The standard InChI is InChI=1S/C15H25NO4/c1-2-13-11(8-9-20-13)14(17)16-12-7-5-3-4-6-10(12)15(18)19/h10-13H,2-9H2,1H3,(H,16,17)(H,18,19). The highest BCUT2D eigenvalue weighted by molar-refractivity contribution is 5.81. The van der Waals surface area contributed by atoms with Crippen LogP contribution < -0.4 is 5.32 Å². The van der Waals surface area contributed by atoms with E-state index in [9.17, 15) is 14.7 Å². The van der Waals surface area contributed by atoms with Crippen LogP contribution in [0.15, 0.2) is 0 Å². The van der Waals surface area contributed by atoms with Gasteiger partial charge in [0.2, 0.25) is 5.91 Å². The van der Waals surface area contributed by atoms with Gasteiger partial charge in [-0.05, 0) is 25.7 Å². The summed E-state index contributed by atoms with van der Waals surface area (Å²) in [5, 5.41) is 12.3. The summed E-state index contributed by atoms with van der Waals surface area (Å²) >= 11 is 0. The molecule has 0 aromatic heterocycles. The highest BCUT2D eigenvalue weighted by Gasteiger charge is 2.36.